The van der Waals surface area contributed by atoms with E-state index in [1.54, 1.807) is 0 Å². The number of ether oxygens (including phenoxy) is 2. The lowest BCUT2D eigenvalue weighted by atomic mass is 10.00. The Balaban J connectivity index is 2.02. The molecular weight excluding hydrogens is 541 g/mol. The lowest BCUT2D eigenvalue weighted by Crippen LogP contribution is -2.34. The second-order valence-corrected chi connectivity index (χ2v) is 8.56. The molecule has 3 N–H and O–H groups in total. The third kappa shape index (κ3) is 7.16. The zero-order valence-electron chi connectivity index (χ0n) is 20.4. The highest BCUT2D eigenvalue weighted by Crippen LogP contribution is 2.33. The zero-order valence-corrected chi connectivity index (χ0v) is 21.2. The summed E-state index contributed by atoms with van der Waals surface area (Å²) < 4.78 is 50.6. The van der Waals surface area contributed by atoms with Crippen molar-refractivity contribution in [2.75, 3.05) is 25.6 Å². The molecule has 1 atom stereocenters. The maximum atomic E-state index is 14.2. The zero-order chi connectivity index (χ0) is 28.7. The number of aromatic nitrogens is 1. The van der Waals surface area contributed by atoms with Crippen molar-refractivity contribution in [2.45, 2.75) is 18.9 Å². The molecule has 9 nitrogen and oxygen atoms in total. The number of pyridine rings is 1. The van der Waals surface area contributed by atoms with Gasteiger partial charge < -0.3 is 20.5 Å². The molecule has 204 valence electrons. The van der Waals surface area contributed by atoms with Crippen LogP contribution in [0.3, 0.4) is 0 Å². The van der Waals surface area contributed by atoms with Crippen LogP contribution in [0.4, 0.5) is 18.9 Å². The van der Waals surface area contributed by atoms with Crippen molar-refractivity contribution in [1.29, 1.82) is 5.26 Å². The molecule has 1 heterocycles. The van der Waals surface area contributed by atoms with E-state index in [4.69, 9.17) is 26.8 Å². The van der Waals surface area contributed by atoms with Crippen LogP contribution in [0.5, 0.6) is 5.75 Å². The van der Waals surface area contributed by atoms with E-state index < -0.39 is 42.3 Å². The van der Waals surface area contributed by atoms with Crippen molar-refractivity contribution in [3.8, 4) is 22.9 Å². The van der Waals surface area contributed by atoms with Crippen molar-refractivity contribution >= 4 is 29.1 Å². The van der Waals surface area contributed by atoms with E-state index >= 15 is 0 Å². The first kappa shape index (κ1) is 29.2. The van der Waals surface area contributed by atoms with Crippen LogP contribution in [0.25, 0.3) is 11.1 Å². The lowest BCUT2D eigenvalue weighted by Gasteiger charge is -2.21. The molecule has 39 heavy (non-hydrogen) atoms. The number of methoxy groups -OCH3 is 1. The summed E-state index contributed by atoms with van der Waals surface area (Å²) in [6.07, 6.45) is -1.73. The van der Waals surface area contributed by atoms with E-state index in [0.29, 0.717) is 10.6 Å². The fourth-order valence-electron chi connectivity index (χ4n) is 3.76. The highest BCUT2D eigenvalue weighted by Gasteiger charge is 2.25. The second-order valence-electron chi connectivity index (χ2n) is 8.12. The maximum Gasteiger partial charge on any atom is 0.261 e. The van der Waals surface area contributed by atoms with Gasteiger partial charge in [0.2, 0.25) is 5.91 Å². The van der Waals surface area contributed by atoms with Crippen LogP contribution in [0.2, 0.25) is 5.02 Å². The average molecular weight is 563 g/mol. The summed E-state index contributed by atoms with van der Waals surface area (Å²) >= 11 is 6.08. The van der Waals surface area contributed by atoms with Crippen molar-refractivity contribution < 1.29 is 32.2 Å². The molecule has 2 amide bonds. The Hall–Kier alpha value is -4.34. The largest absolute Gasteiger partial charge is 0.495 e. The summed E-state index contributed by atoms with van der Waals surface area (Å²) in [5, 5.41) is 12.2. The summed E-state index contributed by atoms with van der Waals surface area (Å²) in [6.45, 7) is -1.20. The summed E-state index contributed by atoms with van der Waals surface area (Å²) in [6, 6.07) is 9.49. The minimum Gasteiger partial charge on any atom is -0.495 e. The number of hydrogen-bond donors (Lipinski definition) is 2. The Morgan fingerprint density at radius 2 is 1.92 bits per heavy atom. The van der Waals surface area contributed by atoms with Crippen LogP contribution in [-0.4, -0.2) is 43.1 Å². The van der Waals surface area contributed by atoms with Crippen molar-refractivity contribution in [3.05, 3.63) is 81.0 Å². The number of nitrogens with two attached hydrogens (primary N) is 1. The predicted octanol–water partition coefficient (Wildman–Crippen LogP) is 4.14. The molecule has 0 spiro atoms. The molecule has 13 heteroatoms. The van der Waals surface area contributed by atoms with Gasteiger partial charge in [-0.1, -0.05) is 11.6 Å². The van der Waals surface area contributed by atoms with Crippen molar-refractivity contribution in [2.24, 2.45) is 5.73 Å². The molecule has 2 aromatic carbocycles. The first-order valence-corrected chi connectivity index (χ1v) is 11.7. The Bertz CT molecular complexity index is 1490. The molecule has 0 aliphatic rings. The minimum absolute atomic E-state index is 0.0461. The Morgan fingerprint density at radius 3 is 2.54 bits per heavy atom. The third-order valence-corrected chi connectivity index (χ3v) is 5.81. The normalized spacial score (nSPS) is 11.6. The third-order valence-electron chi connectivity index (χ3n) is 5.58. The standard InChI is InChI=1S/C26H22ClF3N4O5/c1-38-22-12-34(24(35)10-19(22)18-8-15(27)3-2-14(18)11-31)21(6-7-39-13-23(29)30)26(37)33-16-4-5-17(25(32)36)20(28)9-16/h2-5,8-10,12,21,23H,6-7,13H2,1H3,(H2,32,36)(H,33,37). The smallest absolute Gasteiger partial charge is 0.261 e. The van der Waals surface area contributed by atoms with E-state index in [1.165, 1.54) is 37.6 Å². The van der Waals surface area contributed by atoms with Gasteiger partial charge in [-0.05, 0) is 36.4 Å². The fraction of sp³-hybridized carbons (Fsp3) is 0.231. The maximum absolute atomic E-state index is 14.2. The quantitative estimate of drug-likeness (QED) is 0.337. The van der Waals surface area contributed by atoms with Gasteiger partial charge in [0.25, 0.3) is 17.9 Å². The van der Waals surface area contributed by atoms with E-state index in [1.807, 2.05) is 6.07 Å². The Kier molecular flexibility index (Phi) is 9.70. The molecule has 0 aliphatic heterocycles. The van der Waals surface area contributed by atoms with Gasteiger partial charge in [-0.15, -0.1) is 0 Å². The minimum atomic E-state index is -2.74. The van der Waals surface area contributed by atoms with Crippen LogP contribution >= 0.6 is 11.6 Å². The van der Waals surface area contributed by atoms with Crippen LogP contribution in [0, 0.1) is 17.1 Å². The van der Waals surface area contributed by atoms with Gasteiger partial charge in [0.15, 0.2) is 0 Å². The molecule has 0 saturated carbocycles. The van der Waals surface area contributed by atoms with Crippen LogP contribution in [0.15, 0.2) is 53.5 Å². The lowest BCUT2D eigenvalue weighted by molar-refractivity contribution is -0.120. The number of benzene rings is 2. The first-order valence-electron chi connectivity index (χ1n) is 11.3. The van der Waals surface area contributed by atoms with Crippen LogP contribution < -0.4 is 21.3 Å². The highest BCUT2D eigenvalue weighted by atomic mass is 35.5. The predicted molar refractivity (Wildman–Crippen MR) is 136 cm³/mol. The van der Waals surface area contributed by atoms with E-state index in [-0.39, 0.29) is 41.2 Å². The summed E-state index contributed by atoms with van der Waals surface area (Å²) in [5.41, 5.74) is 4.73. The van der Waals surface area contributed by atoms with Crippen LogP contribution in [-0.2, 0) is 9.53 Å². The number of rotatable bonds is 11. The number of hydrogen-bond acceptors (Lipinski definition) is 6. The van der Waals surface area contributed by atoms with E-state index in [9.17, 15) is 32.8 Å². The molecule has 0 saturated heterocycles. The number of nitrogens with zero attached hydrogens (tertiary/aromatic N) is 2. The average Bonchev–Trinajstić information content (AvgIpc) is 2.88. The molecule has 0 fully saturated rings. The second kappa shape index (κ2) is 12.9. The molecule has 0 aliphatic carbocycles. The van der Waals surface area contributed by atoms with Gasteiger partial charge in [0, 0.05) is 40.9 Å². The number of primary amides is 1. The number of nitrogens with one attached hydrogen (secondary N) is 1. The number of carbonyl (C=O) groups is 2. The van der Waals surface area contributed by atoms with E-state index in [0.717, 1.165) is 22.8 Å². The molecule has 3 rings (SSSR count). The monoisotopic (exact) mass is 562 g/mol. The Labute approximate surface area is 225 Å². The molecule has 0 bridgehead atoms. The first-order chi connectivity index (χ1) is 18.5. The number of anilines is 1. The fourth-order valence-corrected chi connectivity index (χ4v) is 3.94. The van der Waals surface area contributed by atoms with Gasteiger partial charge in [0.05, 0.1) is 30.5 Å². The number of alkyl halides is 2. The van der Waals surface area contributed by atoms with Gasteiger partial charge in [0.1, 0.15) is 24.2 Å². The van der Waals surface area contributed by atoms with Crippen molar-refractivity contribution in [3.63, 3.8) is 0 Å². The topological polar surface area (TPSA) is 136 Å². The molecule has 0 radical (unpaired) electrons. The number of nitriles is 1. The highest BCUT2D eigenvalue weighted by molar-refractivity contribution is 6.31. The van der Waals surface area contributed by atoms with Gasteiger partial charge in [-0.25, -0.2) is 13.2 Å². The molecule has 1 unspecified atom stereocenters. The van der Waals surface area contributed by atoms with Gasteiger partial charge >= 0.3 is 0 Å². The molecule has 3 aromatic rings. The number of amides is 2. The van der Waals surface area contributed by atoms with Gasteiger partial charge in [-0.2, -0.15) is 5.26 Å². The summed E-state index contributed by atoms with van der Waals surface area (Å²) in [4.78, 5) is 37.7. The van der Waals surface area contributed by atoms with Gasteiger partial charge in [-0.3, -0.25) is 19.0 Å². The summed E-state index contributed by atoms with van der Waals surface area (Å²) in [5.74, 6) is -2.68. The summed E-state index contributed by atoms with van der Waals surface area (Å²) in [7, 11) is 1.31. The molecule has 1 aromatic heterocycles. The van der Waals surface area contributed by atoms with Crippen LogP contribution in [0.1, 0.15) is 28.4 Å². The Morgan fingerprint density at radius 1 is 1.18 bits per heavy atom. The molecular formula is C26H22ClF3N4O5. The number of halogens is 4. The van der Waals surface area contributed by atoms with Crippen molar-refractivity contribution in [1.82, 2.24) is 4.57 Å². The number of carbonyl (C=O) groups excluding carboxylic acids is 2. The van der Waals surface area contributed by atoms with E-state index in [2.05, 4.69) is 5.32 Å². The SMILES string of the molecule is COc1cn(C(CCOCC(F)F)C(=O)Nc2ccc(C(N)=O)c(F)c2)c(=O)cc1-c1cc(Cl)ccc1C#N.